The number of hydrogen-bond donors (Lipinski definition) is 2. The van der Waals surface area contributed by atoms with E-state index in [0.29, 0.717) is 12.5 Å². The normalized spacial score (nSPS) is 25.3. The Bertz CT molecular complexity index is 271. The first-order valence-corrected chi connectivity index (χ1v) is 6.48. The van der Waals surface area contributed by atoms with E-state index < -0.39 is 5.54 Å². The molecule has 0 radical (unpaired) electrons. The third-order valence-electron chi connectivity index (χ3n) is 3.73. The maximum atomic E-state index is 11.9. The summed E-state index contributed by atoms with van der Waals surface area (Å²) in [6, 6.07) is 0. The van der Waals surface area contributed by atoms with Gasteiger partial charge in [0, 0.05) is 26.2 Å². The molecule has 0 aromatic carbocycles. The molecule has 1 heterocycles. The Morgan fingerprint density at radius 2 is 2.12 bits per heavy atom. The standard InChI is InChI=1S/C12H23N3O2/c1-12(13,10-2-3-10)11(16)14-4-5-15-6-8-17-9-7-15/h10H,2-9,13H2,1H3,(H,14,16). The minimum Gasteiger partial charge on any atom is -0.379 e. The van der Waals surface area contributed by atoms with Gasteiger partial charge in [0.1, 0.15) is 0 Å². The summed E-state index contributed by atoms with van der Waals surface area (Å²) < 4.78 is 5.27. The molecule has 0 aromatic heterocycles. The Kier molecular flexibility index (Phi) is 4.01. The third kappa shape index (κ3) is 3.40. The van der Waals surface area contributed by atoms with Gasteiger partial charge in [0.05, 0.1) is 18.8 Å². The lowest BCUT2D eigenvalue weighted by Crippen LogP contribution is -2.54. The highest BCUT2D eigenvalue weighted by molar-refractivity contribution is 5.86. The molecule has 1 atom stereocenters. The fourth-order valence-electron chi connectivity index (χ4n) is 2.21. The molecule has 2 rings (SSSR count). The zero-order valence-corrected chi connectivity index (χ0v) is 10.6. The van der Waals surface area contributed by atoms with Crippen LogP contribution < -0.4 is 11.1 Å². The molecular formula is C12H23N3O2. The summed E-state index contributed by atoms with van der Waals surface area (Å²) in [5.74, 6) is 0.374. The van der Waals surface area contributed by atoms with Crippen LogP contribution in [0, 0.1) is 5.92 Å². The molecule has 1 unspecified atom stereocenters. The highest BCUT2D eigenvalue weighted by Crippen LogP contribution is 2.37. The second kappa shape index (κ2) is 5.33. The molecule has 2 aliphatic rings. The molecule has 1 saturated carbocycles. The van der Waals surface area contributed by atoms with Crippen molar-refractivity contribution < 1.29 is 9.53 Å². The second-order valence-corrected chi connectivity index (χ2v) is 5.27. The van der Waals surface area contributed by atoms with Crippen LogP contribution in [-0.4, -0.2) is 55.7 Å². The van der Waals surface area contributed by atoms with Crippen LogP contribution in [0.25, 0.3) is 0 Å². The molecule has 98 valence electrons. The first-order valence-electron chi connectivity index (χ1n) is 6.48. The molecule has 1 aliphatic carbocycles. The molecule has 2 fully saturated rings. The number of carbonyl (C=O) groups excluding carboxylic acids is 1. The average molecular weight is 241 g/mol. The van der Waals surface area contributed by atoms with Crippen LogP contribution in [0.15, 0.2) is 0 Å². The Labute approximate surface area is 103 Å². The predicted molar refractivity (Wildman–Crippen MR) is 65.6 cm³/mol. The maximum absolute atomic E-state index is 11.9. The number of rotatable bonds is 5. The topological polar surface area (TPSA) is 67.6 Å². The predicted octanol–water partition coefficient (Wildman–Crippen LogP) is -0.438. The molecule has 5 heteroatoms. The van der Waals surface area contributed by atoms with Crippen LogP contribution in [0.1, 0.15) is 19.8 Å². The molecular weight excluding hydrogens is 218 g/mol. The van der Waals surface area contributed by atoms with E-state index in [-0.39, 0.29) is 5.91 Å². The Morgan fingerprint density at radius 3 is 2.71 bits per heavy atom. The van der Waals surface area contributed by atoms with Crippen molar-refractivity contribution in [3.63, 3.8) is 0 Å². The van der Waals surface area contributed by atoms with Crippen molar-refractivity contribution in [2.75, 3.05) is 39.4 Å². The van der Waals surface area contributed by atoms with Gasteiger partial charge in [0.25, 0.3) is 0 Å². The fraction of sp³-hybridized carbons (Fsp3) is 0.917. The van der Waals surface area contributed by atoms with Gasteiger partial charge in [-0.1, -0.05) is 0 Å². The highest BCUT2D eigenvalue weighted by Gasteiger charge is 2.43. The maximum Gasteiger partial charge on any atom is 0.240 e. The number of carbonyl (C=O) groups is 1. The number of nitrogens with two attached hydrogens (primary N) is 1. The third-order valence-corrected chi connectivity index (χ3v) is 3.73. The van der Waals surface area contributed by atoms with Gasteiger partial charge in [-0.2, -0.15) is 0 Å². The van der Waals surface area contributed by atoms with Crippen LogP contribution in [0.2, 0.25) is 0 Å². The molecule has 1 amide bonds. The highest BCUT2D eigenvalue weighted by atomic mass is 16.5. The van der Waals surface area contributed by atoms with E-state index in [1.807, 2.05) is 6.92 Å². The van der Waals surface area contributed by atoms with Gasteiger partial charge in [0.2, 0.25) is 5.91 Å². The molecule has 5 nitrogen and oxygen atoms in total. The summed E-state index contributed by atoms with van der Waals surface area (Å²) in [7, 11) is 0. The summed E-state index contributed by atoms with van der Waals surface area (Å²) in [6.07, 6.45) is 2.17. The van der Waals surface area contributed by atoms with Crippen molar-refractivity contribution in [1.29, 1.82) is 0 Å². The molecule has 3 N–H and O–H groups in total. The van der Waals surface area contributed by atoms with Crippen LogP contribution in [-0.2, 0) is 9.53 Å². The lowest BCUT2D eigenvalue weighted by Gasteiger charge is -2.28. The largest absolute Gasteiger partial charge is 0.379 e. The first-order chi connectivity index (χ1) is 8.10. The molecule has 17 heavy (non-hydrogen) atoms. The van der Waals surface area contributed by atoms with Gasteiger partial charge >= 0.3 is 0 Å². The van der Waals surface area contributed by atoms with Crippen molar-refractivity contribution in [2.45, 2.75) is 25.3 Å². The van der Waals surface area contributed by atoms with Crippen LogP contribution >= 0.6 is 0 Å². The number of morpholine rings is 1. The van der Waals surface area contributed by atoms with Gasteiger partial charge in [-0.15, -0.1) is 0 Å². The van der Waals surface area contributed by atoms with Crippen molar-refractivity contribution in [3.8, 4) is 0 Å². The monoisotopic (exact) mass is 241 g/mol. The lowest BCUT2D eigenvalue weighted by molar-refractivity contribution is -0.126. The molecule has 0 aromatic rings. The molecule has 0 bridgehead atoms. The Balaban J connectivity index is 1.65. The van der Waals surface area contributed by atoms with Crippen molar-refractivity contribution >= 4 is 5.91 Å². The zero-order chi connectivity index (χ0) is 12.3. The second-order valence-electron chi connectivity index (χ2n) is 5.27. The summed E-state index contributed by atoms with van der Waals surface area (Å²) in [5.41, 5.74) is 5.36. The number of nitrogens with zero attached hydrogens (tertiary/aromatic N) is 1. The summed E-state index contributed by atoms with van der Waals surface area (Å²) in [5, 5.41) is 2.95. The summed E-state index contributed by atoms with van der Waals surface area (Å²) in [6.45, 7) is 6.91. The molecule has 1 aliphatic heterocycles. The minimum atomic E-state index is -0.676. The SMILES string of the molecule is CC(N)(C(=O)NCCN1CCOCC1)C1CC1. The van der Waals surface area contributed by atoms with Gasteiger partial charge in [0.15, 0.2) is 0 Å². The Hall–Kier alpha value is -0.650. The van der Waals surface area contributed by atoms with Gasteiger partial charge in [-0.05, 0) is 25.7 Å². The quantitative estimate of drug-likeness (QED) is 0.685. The number of ether oxygens (including phenoxy) is 1. The van der Waals surface area contributed by atoms with Gasteiger partial charge in [-0.3, -0.25) is 9.69 Å². The number of hydrogen-bond acceptors (Lipinski definition) is 4. The van der Waals surface area contributed by atoms with Crippen molar-refractivity contribution in [2.24, 2.45) is 11.7 Å². The smallest absolute Gasteiger partial charge is 0.240 e. The van der Waals surface area contributed by atoms with E-state index in [1.54, 1.807) is 0 Å². The van der Waals surface area contributed by atoms with Crippen LogP contribution in [0.3, 0.4) is 0 Å². The van der Waals surface area contributed by atoms with Crippen LogP contribution in [0.4, 0.5) is 0 Å². The van der Waals surface area contributed by atoms with Gasteiger partial charge in [-0.25, -0.2) is 0 Å². The van der Waals surface area contributed by atoms with E-state index in [4.69, 9.17) is 10.5 Å². The lowest BCUT2D eigenvalue weighted by atomic mass is 9.96. The molecule has 0 spiro atoms. The van der Waals surface area contributed by atoms with E-state index in [1.165, 1.54) is 0 Å². The van der Waals surface area contributed by atoms with Crippen molar-refractivity contribution in [1.82, 2.24) is 10.2 Å². The van der Waals surface area contributed by atoms with E-state index in [2.05, 4.69) is 10.2 Å². The Morgan fingerprint density at radius 1 is 1.47 bits per heavy atom. The summed E-state index contributed by atoms with van der Waals surface area (Å²) >= 11 is 0. The number of nitrogens with one attached hydrogen (secondary N) is 1. The van der Waals surface area contributed by atoms with E-state index in [0.717, 1.165) is 45.7 Å². The average Bonchev–Trinajstić information content (AvgIpc) is 3.14. The molecule has 1 saturated heterocycles. The van der Waals surface area contributed by atoms with E-state index >= 15 is 0 Å². The van der Waals surface area contributed by atoms with Crippen LogP contribution in [0.5, 0.6) is 0 Å². The first kappa shape index (κ1) is 12.8. The van der Waals surface area contributed by atoms with E-state index in [9.17, 15) is 4.79 Å². The van der Waals surface area contributed by atoms with Crippen molar-refractivity contribution in [3.05, 3.63) is 0 Å². The van der Waals surface area contributed by atoms with Gasteiger partial charge < -0.3 is 15.8 Å². The minimum absolute atomic E-state index is 0.00624. The number of amides is 1. The fourth-order valence-corrected chi connectivity index (χ4v) is 2.21. The summed E-state index contributed by atoms with van der Waals surface area (Å²) in [4.78, 5) is 14.2. The zero-order valence-electron chi connectivity index (χ0n) is 10.6.